The molecule has 2 aliphatic rings. The summed E-state index contributed by atoms with van der Waals surface area (Å²) in [4.78, 5) is 24.6. The van der Waals surface area contributed by atoms with Crippen molar-refractivity contribution in [3.05, 3.63) is 89.2 Å². The summed E-state index contributed by atoms with van der Waals surface area (Å²) in [5, 5.41) is 0.318. The monoisotopic (exact) mass is 500 g/mol. The number of halogens is 1. The van der Waals surface area contributed by atoms with Crippen LogP contribution in [0.4, 0.5) is 21.6 Å². The van der Waals surface area contributed by atoms with Gasteiger partial charge in [0.2, 0.25) is 0 Å². The van der Waals surface area contributed by atoms with Crippen LogP contribution >= 0.6 is 12.2 Å². The Morgan fingerprint density at radius 2 is 1.94 bits per heavy atom. The molecule has 8 heteroatoms. The van der Waals surface area contributed by atoms with Crippen molar-refractivity contribution in [3.8, 4) is 5.75 Å². The first-order valence-corrected chi connectivity index (χ1v) is 12.3. The predicted octanol–water partition coefficient (Wildman–Crippen LogP) is 6.15. The number of anilines is 2. The molecule has 3 aromatic rings. The van der Waals surface area contributed by atoms with Crippen molar-refractivity contribution in [2.24, 2.45) is 0 Å². The van der Waals surface area contributed by atoms with Gasteiger partial charge in [-0.3, -0.25) is 9.69 Å². The van der Waals surface area contributed by atoms with E-state index in [-0.39, 0.29) is 11.7 Å². The third-order valence-electron chi connectivity index (χ3n) is 6.88. The van der Waals surface area contributed by atoms with Crippen LogP contribution in [0.3, 0.4) is 0 Å². The number of aryl methyl sites for hydroxylation is 2. The van der Waals surface area contributed by atoms with Gasteiger partial charge in [0, 0.05) is 11.8 Å². The number of rotatable bonds is 7. The van der Waals surface area contributed by atoms with Gasteiger partial charge >= 0.3 is 0 Å². The number of pyridine rings is 1. The number of hydrogen-bond acceptors (Lipinski definition) is 4. The summed E-state index contributed by atoms with van der Waals surface area (Å²) in [5.74, 6) is -0.143. The van der Waals surface area contributed by atoms with Gasteiger partial charge in [-0.2, -0.15) is 0 Å². The Morgan fingerprint density at radius 3 is 2.61 bits per heavy atom. The van der Waals surface area contributed by atoms with Crippen molar-refractivity contribution in [2.45, 2.75) is 44.6 Å². The van der Waals surface area contributed by atoms with E-state index in [1.54, 1.807) is 25.1 Å². The Morgan fingerprint density at radius 1 is 1.17 bits per heavy atom. The molecule has 0 atom stereocenters. The summed E-state index contributed by atoms with van der Waals surface area (Å²) in [6.45, 7) is 9.39. The second-order valence-electron chi connectivity index (χ2n) is 9.14. The van der Waals surface area contributed by atoms with Crippen LogP contribution in [-0.2, 0) is 11.2 Å². The van der Waals surface area contributed by atoms with E-state index in [1.165, 1.54) is 22.7 Å². The summed E-state index contributed by atoms with van der Waals surface area (Å²) < 4.78 is 20.5. The number of carbonyl (C=O) groups is 1. The molecule has 0 N–H and O–H groups in total. The van der Waals surface area contributed by atoms with E-state index in [9.17, 15) is 9.18 Å². The van der Waals surface area contributed by atoms with E-state index in [1.807, 2.05) is 23.1 Å². The molecule has 1 aromatic heterocycles. The summed E-state index contributed by atoms with van der Waals surface area (Å²) >= 11 is 5.80. The van der Waals surface area contributed by atoms with E-state index in [2.05, 4.69) is 22.0 Å². The average molecular weight is 501 g/mol. The second-order valence-corrected chi connectivity index (χ2v) is 9.51. The number of ether oxygens (including phenoxy) is 1. The molecule has 2 heterocycles. The first-order chi connectivity index (χ1) is 17.4. The first kappa shape index (κ1) is 23.9. The lowest BCUT2D eigenvalue weighted by atomic mass is 9.75. The van der Waals surface area contributed by atoms with Gasteiger partial charge in [0.1, 0.15) is 11.7 Å². The normalized spacial score (nSPS) is 16.2. The Bertz CT molecular complexity index is 1370. The minimum absolute atomic E-state index is 0.120. The lowest BCUT2D eigenvalue weighted by molar-refractivity contribution is -0.123. The zero-order chi connectivity index (χ0) is 25.3. The van der Waals surface area contributed by atoms with Gasteiger partial charge in [-0.1, -0.05) is 36.9 Å². The van der Waals surface area contributed by atoms with Crippen LogP contribution in [0.5, 0.6) is 5.75 Å². The summed E-state index contributed by atoms with van der Waals surface area (Å²) in [6, 6.07) is 16.5. The van der Waals surface area contributed by atoms with Crippen LogP contribution in [0.2, 0.25) is 0 Å². The number of thiocarbonyl (C=S) groups is 1. The average Bonchev–Trinajstić information content (AvgIpc) is 3.10. The largest absolute Gasteiger partial charge is 0.490 e. The Kier molecular flexibility index (Phi) is 6.42. The molecular weight excluding hydrogens is 475 g/mol. The number of hydrogen-bond donors (Lipinski definition) is 0. The Labute approximate surface area is 215 Å². The van der Waals surface area contributed by atoms with E-state index in [0.717, 1.165) is 19.3 Å². The van der Waals surface area contributed by atoms with Crippen LogP contribution in [0.15, 0.2) is 60.8 Å². The molecule has 0 radical (unpaired) electrons. The molecule has 36 heavy (non-hydrogen) atoms. The van der Waals surface area contributed by atoms with Gasteiger partial charge in [-0.05, 0) is 80.6 Å². The highest BCUT2D eigenvalue weighted by Gasteiger charge is 2.59. The molecule has 2 fully saturated rings. The minimum Gasteiger partial charge on any atom is -0.490 e. The standard InChI is InChI=1S/C28H25FN4O2S/c1-19-16-22(18-31-25(19)30-2)32-26(34)28(13-7-14-28)33(27(32)36)21-11-12-23(29)24(17-21)35-15-6-10-20-8-4-3-5-9-20/h3-5,8-9,11-12,16-18H,6-7,10,13-15H2,1H3. The third-order valence-corrected chi connectivity index (χ3v) is 7.24. The topological polar surface area (TPSA) is 50.0 Å². The molecule has 182 valence electrons. The van der Waals surface area contributed by atoms with E-state index in [4.69, 9.17) is 23.5 Å². The predicted molar refractivity (Wildman–Crippen MR) is 141 cm³/mol. The van der Waals surface area contributed by atoms with Gasteiger partial charge < -0.3 is 14.5 Å². The molecule has 2 aromatic carbocycles. The van der Waals surface area contributed by atoms with Crippen LogP contribution in [0, 0.1) is 19.3 Å². The number of amides is 1. The summed E-state index contributed by atoms with van der Waals surface area (Å²) in [5.41, 5.74) is 2.23. The number of aromatic nitrogens is 1. The molecular formula is C28H25FN4O2S. The van der Waals surface area contributed by atoms with Gasteiger partial charge in [-0.25, -0.2) is 4.39 Å². The summed E-state index contributed by atoms with van der Waals surface area (Å²) in [7, 11) is 0. The van der Waals surface area contributed by atoms with Gasteiger partial charge in [-0.15, -0.1) is 4.98 Å². The van der Waals surface area contributed by atoms with Crippen molar-refractivity contribution in [3.63, 3.8) is 0 Å². The quantitative estimate of drug-likeness (QED) is 0.221. The molecule has 1 amide bonds. The highest BCUT2D eigenvalue weighted by Crippen LogP contribution is 2.48. The highest BCUT2D eigenvalue weighted by atomic mass is 32.1. The van der Waals surface area contributed by atoms with Crippen molar-refractivity contribution >= 4 is 40.4 Å². The van der Waals surface area contributed by atoms with Crippen molar-refractivity contribution < 1.29 is 13.9 Å². The lowest BCUT2D eigenvalue weighted by Gasteiger charge is -2.43. The molecule has 0 bridgehead atoms. The fourth-order valence-electron chi connectivity index (χ4n) is 4.85. The third kappa shape index (κ3) is 4.10. The fourth-order valence-corrected chi connectivity index (χ4v) is 5.31. The van der Waals surface area contributed by atoms with E-state index in [0.29, 0.717) is 47.3 Å². The molecule has 0 unspecified atom stereocenters. The molecule has 1 saturated carbocycles. The molecule has 1 aliphatic carbocycles. The van der Waals surface area contributed by atoms with Crippen LogP contribution in [-0.4, -0.2) is 28.1 Å². The van der Waals surface area contributed by atoms with Crippen LogP contribution in [0.25, 0.3) is 4.85 Å². The Balaban J connectivity index is 1.39. The zero-order valence-electron chi connectivity index (χ0n) is 19.9. The molecule has 1 saturated heterocycles. The second kappa shape index (κ2) is 9.67. The van der Waals surface area contributed by atoms with Crippen molar-refractivity contribution in [2.75, 3.05) is 16.4 Å². The zero-order valence-corrected chi connectivity index (χ0v) is 20.7. The lowest BCUT2D eigenvalue weighted by Crippen LogP contribution is -2.55. The smallest absolute Gasteiger partial charge is 0.272 e. The van der Waals surface area contributed by atoms with E-state index >= 15 is 0 Å². The Hall–Kier alpha value is -3.83. The summed E-state index contributed by atoms with van der Waals surface area (Å²) in [6.07, 6.45) is 5.30. The number of carbonyl (C=O) groups excluding carboxylic acids is 1. The van der Waals surface area contributed by atoms with Gasteiger partial charge in [0.15, 0.2) is 16.7 Å². The van der Waals surface area contributed by atoms with Gasteiger partial charge in [0.05, 0.1) is 12.3 Å². The maximum atomic E-state index is 14.6. The maximum Gasteiger partial charge on any atom is 0.272 e. The first-order valence-electron chi connectivity index (χ1n) is 11.9. The van der Waals surface area contributed by atoms with Crippen molar-refractivity contribution in [1.82, 2.24) is 4.98 Å². The fraction of sp³-hybridized carbons (Fsp3) is 0.286. The van der Waals surface area contributed by atoms with E-state index < -0.39 is 11.4 Å². The number of nitrogens with zero attached hydrogens (tertiary/aromatic N) is 4. The SMILES string of the molecule is [C-]#[N+]c1ncc(N2C(=O)C3(CCC3)N(c3ccc(F)c(OCCCc4ccccc4)c3)C2=S)cc1C. The highest BCUT2D eigenvalue weighted by molar-refractivity contribution is 7.81. The minimum atomic E-state index is -0.800. The molecule has 6 nitrogen and oxygen atoms in total. The van der Waals surface area contributed by atoms with Crippen LogP contribution < -0.4 is 14.5 Å². The molecule has 1 aliphatic heterocycles. The number of benzene rings is 2. The molecule has 5 rings (SSSR count). The van der Waals surface area contributed by atoms with Crippen molar-refractivity contribution in [1.29, 1.82) is 0 Å². The van der Waals surface area contributed by atoms with Gasteiger partial charge in [0.25, 0.3) is 11.7 Å². The molecule has 1 spiro atoms. The maximum absolute atomic E-state index is 14.6. The van der Waals surface area contributed by atoms with Crippen LogP contribution in [0.1, 0.15) is 36.8 Å².